The van der Waals surface area contributed by atoms with Crippen molar-refractivity contribution in [3.8, 4) is 0 Å². The molecule has 1 N–H and O–H groups in total. The van der Waals surface area contributed by atoms with Gasteiger partial charge in [-0.15, -0.1) is 11.6 Å². The quantitative estimate of drug-likeness (QED) is 0.310. The van der Waals surface area contributed by atoms with Crippen molar-refractivity contribution < 1.29 is 0 Å². The van der Waals surface area contributed by atoms with Crippen LogP contribution in [-0.4, -0.2) is 25.1 Å². The van der Waals surface area contributed by atoms with E-state index in [1.165, 1.54) is 0 Å². The molecule has 6 heavy (non-hydrogen) atoms. The molecule has 0 rings (SSSR count). The van der Waals surface area contributed by atoms with E-state index in [0.717, 1.165) is 0 Å². The molecule has 3 heteroatoms. The van der Waals surface area contributed by atoms with Crippen LogP contribution in [0.4, 0.5) is 0 Å². The SMILES string of the molecule is CNN(C)CCl. The predicted molar refractivity (Wildman–Crippen MR) is 27.5 cm³/mol. The molecule has 0 aliphatic heterocycles. The lowest BCUT2D eigenvalue weighted by Gasteiger charge is -2.07. The van der Waals surface area contributed by atoms with Crippen molar-refractivity contribution in [2.45, 2.75) is 0 Å². The summed E-state index contributed by atoms with van der Waals surface area (Å²) in [6, 6.07) is 0.524. The smallest absolute Gasteiger partial charge is 0.0871 e. The van der Waals surface area contributed by atoms with Crippen LogP contribution in [-0.2, 0) is 0 Å². The summed E-state index contributed by atoms with van der Waals surface area (Å²) in [6.07, 6.45) is 0. The number of hydrazine groups is 1. The van der Waals surface area contributed by atoms with Gasteiger partial charge in [-0.05, 0) is 7.05 Å². The molecule has 0 saturated carbocycles. The summed E-state index contributed by atoms with van der Waals surface area (Å²) in [4.78, 5) is 0. The third kappa shape index (κ3) is 2.45. The molecule has 0 unspecified atom stereocenters. The van der Waals surface area contributed by atoms with Crippen molar-refractivity contribution >= 4 is 11.6 Å². The van der Waals surface area contributed by atoms with Crippen LogP contribution in [0.1, 0.15) is 0 Å². The number of hydrogen-bond donors (Lipinski definition) is 1. The highest BCUT2D eigenvalue weighted by atomic mass is 35.5. The van der Waals surface area contributed by atoms with Crippen LogP contribution in [0.15, 0.2) is 0 Å². The average molecular weight is 109 g/mol. The lowest BCUT2D eigenvalue weighted by atomic mass is 11.1. The topological polar surface area (TPSA) is 15.3 Å². The molecule has 2 nitrogen and oxygen atoms in total. The summed E-state index contributed by atoms with van der Waals surface area (Å²) in [5.74, 6) is 0. The molecule has 0 aliphatic carbocycles. The molecule has 0 atom stereocenters. The van der Waals surface area contributed by atoms with Gasteiger partial charge in [-0.3, -0.25) is 5.43 Å². The van der Waals surface area contributed by atoms with Gasteiger partial charge in [0.2, 0.25) is 0 Å². The number of alkyl halides is 1. The molecule has 38 valence electrons. The molecular formula is C3H9ClN2. The lowest BCUT2D eigenvalue weighted by Crippen LogP contribution is -2.28. The van der Waals surface area contributed by atoms with Gasteiger partial charge in [0.05, 0.1) is 6.00 Å². The Morgan fingerprint density at radius 2 is 2.33 bits per heavy atom. The summed E-state index contributed by atoms with van der Waals surface area (Å²) in [6.45, 7) is 0. The fourth-order valence-corrected chi connectivity index (χ4v) is 0.179. The first-order valence-electron chi connectivity index (χ1n) is 1.75. The van der Waals surface area contributed by atoms with Gasteiger partial charge in [-0.2, -0.15) is 0 Å². The maximum Gasteiger partial charge on any atom is 0.0871 e. The minimum atomic E-state index is 0.524. The molecule has 0 spiro atoms. The lowest BCUT2D eigenvalue weighted by molar-refractivity contribution is 0.306. The Hall–Kier alpha value is 0.210. The van der Waals surface area contributed by atoms with Gasteiger partial charge in [-0.25, -0.2) is 5.01 Å². The highest BCUT2D eigenvalue weighted by Gasteiger charge is 1.81. The highest BCUT2D eigenvalue weighted by Crippen LogP contribution is 1.74. The van der Waals surface area contributed by atoms with Crippen molar-refractivity contribution in [3.05, 3.63) is 0 Å². The zero-order valence-corrected chi connectivity index (χ0v) is 4.79. The molecule has 0 aromatic rings. The van der Waals surface area contributed by atoms with Crippen molar-refractivity contribution in [3.63, 3.8) is 0 Å². The van der Waals surface area contributed by atoms with E-state index < -0.39 is 0 Å². The van der Waals surface area contributed by atoms with E-state index in [-0.39, 0.29) is 0 Å². The van der Waals surface area contributed by atoms with E-state index in [2.05, 4.69) is 5.43 Å². The number of rotatable bonds is 2. The maximum atomic E-state index is 5.32. The summed E-state index contributed by atoms with van der Waals surface area (Å²) in [5.41, 5.74) is 2.82. The zero-order chi connectivity index (χ0) is 4.99. The summed E-state index contributed by atoms with van der Waals surface area (Å²) < 4.78 is 0. The second-order valence-corrected chi connectivity index (χ2v) is 1.28. The van der Waals surface area contributed by atoms with E-state index in [1.54, 1.807) is 5.01 Å². The Kier molecular flexibility index (Phi) is 3.52. The van der Waals surface area contributed by atoms with Gasteiger partial charge in [-0.1, -0.05) is 0 Å². The van der Waals surface area contributed by atoms with Gasteiger partial charge in [0.15, 0.2) is 0 Å². The molecule has 0 heterocycles. The first-order chi connectivity index (χ1) is 2.81. The third-order valence-corrected chi connectivity index (χ3v) is 0.920. The Morgan fingerprint density at radius 1 is 1.83 bits per heavy atom. The van der Waals surface area contributed by atoms with E-state index in [0.29, 0.717) is 6.00 Å². The average Bonchev–Trinajstić information content (AvgIpc) is 1.65. The van der Waals surface area contributed by atoms with Crippen LogP contribution in [0.2, 0.25) is 0 Å². The van der Waals surface area contributed by atoms with Crippen LogP contribution in [0.5, 0.6) is 0 Å². The van der Waals surface area contributed by atoms with Crippen molar-refractivity contribution in [1.29, 1.82) is 0 Å². The number of nitrogens with one attached hydrogen (secondary N) is 1. The van der Waals surface area contributed by atoms with E-state index in [4.69, 9.17) is 11.6 Å². The summed E-state index contributed by atoms with van der Waals surface area (Å²) in [7, 11) is 3.69. The number of nitrogens with zero attached hydrogens (tertiary/aromatic N) is 1. The Bertz CT molecular complexity index is 28.0. The molecule has 0 bridgehead atoms. The van der Waals surface area contributed by atoms with Gasteiger partial charge in [0.25, 0.3) is 0 Å². The zero-order valence-electron chi connectivity index (χ0n) is 4.03. The Labute approximate surface area is 43.1 Å². The molecule has 0 fully saturated rings. The van der Waals surface area contributed by atoms with Gasteiger partial charge in [0.1, 0.15) is 0 Å². The second-order valence-electron chi connectivity index (χ2n) is 1.04. The number of hydrogen-bond acceptors (Lipinski definition) is 2. The fraction of sp³-hybridized carbons (Fsp3) is 1.00. The molecule has 0 aromatic heterocycles. The fourth-order valence-electron chi connectivity index (χ4n) is 0.0598. The van der Waals surface area contributed by atoms with E-state index in [9.17, 15) is 0 Å². The third-order valence-electron chi connectivity index (χ3n) is 0.561. The first-order valence-corrected chi connectivity index (χ1v) is 2.29. The van der Waals surface area contributed by atoms with Crippen molar-refractivity contribution in [2.75, 3.05) is 20.1 Å². The highest BCUT2D eigenvalue weighted by molar-refractivity contribution is 6.17. The largest absolute Gasteiger partial charge is 0.257 e. The second kappa shape index (κ2) is 3.40. The minimum Gasteiger partial charge on any atom is -0.257 e. The van der Waals surface area contributed by atoms with Gasteiger partial charge < -0.3 is 0 Å². The van der Waals surface area contributed by atoms with E-state index in [1.807, 2.05) is 14.1 Å². The van der Waals surface area contributed by atoms with Crippen LogP contribution in [0.25, 0.3) is 0 Å². The normalized spacial score (nSPS) is 10.0. The van der Waals surface area contributed by atoms with Crippen LogP contribution in [0.3, 0.4) is 0 Å². The first kappa shape index (κ1) is 6.21. The summed E-state index contributed by atoms with van der Waals surface area (Å²) >= 11 is 5.32. The van der Waals surface area contributed by atoms with Crippen molar-refractivity contribution in [2.24, 2.45) is 0 Å². The molecular weight excluding hydrogens is 99.5 g/mol. The van der Waals surface area contributed by atoms with Crippen LogP contribution in [0, 0.1) is 0 Å². The minimum absolute atomic E-state index is 0.524. The molecule has 0 amide bonds. The molecule has 0 saturated heterocycles. The van der Waals surface area contributed by atoms with E-state index >= 15 is 0 Å². The predicted octanol–water partition coefficient (Wildman–Crippen LogP) is 0.249. The molecule has 0 radical (unpaired) electrons. The Balaban J connectivity index is 2.75. The monoisotopic (exact) mass is 108 g/mol. The van der Waals surface area contributed by atoms with Crippen molar-refractivity contribution in [1.82, 2.24) is 10.4 Å². The standard InChI is InChI=1S/C3H9ClN2/c1-5-6(2)3-4/h5H,3H2,1-2H3. The van der Waals surface area contributed by atoms with Crippen LogP contribution >= 0.6 is 11.6 Å². The maximum absolute atomic E-state index is 5.32. The molecule has 0 aromatic carbocycles. The van der Waals surface area contributed by atoms with Gasteiger partial charge >= 0.3 is 0 Å². The van der Waals surface area contributed by atoms with Crippen LogP contribution < -0.4 is 5.43 Å². The molecule has 0 aliphatic rings. The summed E-state index contributed by atoms with van der Waals surface area (Å²) in [5, 5.41) is 1.77. The number of halogens is 1. The Morgan fingerprint density at radius 3 is 2.33 bits per heavy atom. The van der Waals surface area contributed by atoms with Gasteiger partial charge in [0, 0.05) is 7.05 Å².